The van der Waals surface area contributed by atoms with Crippen LogP contribution in [0.2, 0.25) is 0 Å². The van der Waals surface area contributed by atoms with Crippen molar-refractivity contribution in [3.63, 3.8) is 0 Å². The number of rotatable bonds is 7. The van der Waals surface area contributed by atoms with Crippen LogP contribution < -0.4 is 5.32 Å². The van der Waals surface area contributed by atoms with Crippen molar-refractivity contribution in [2.45, 2.75) is 52.8 Å². The summed E-state index contributed by atoms with van der Waals surface area (Å²) in [7, 11) is 0. The van der Waals surface area contributed by atoms with Crippen LogP contribution in [0.15, 0.2) is 48.8 Å². The first-order valence-electron chi connectivity index (χ1n) is 11.9. The van der Waals surface area contributed by atoms with Crippen molar-refractivity contribution in [2.24, 2.45) is 5.92 Å². The van der Waals surface area contributed by atoms with Crippen molar-refractivity contribution >= 4 is 22.5 Å². The van der Waals surface area contributed by atoms with E-state index in [1.807, 2.05) is 26.0 Å². The number of hydrogen-bond acceptors (Lipinski definition) is 7. The second-order valence-corrected chi connectivity index (χ2v) is 10.2. The van der Waals surface area contributed by atoms with Gasteiger partial charge < -0.3 is 10.1 Å². The summed E-state index contributed by atoms with van der Waals surface area (Å²) >= 11 is 0. The third kappa shape index (κ3) is 6.37. The predicted molar refractivity (Wildman–Crippen MR) is 136 cm³/mol. The van der Waals surface area contributed by atoms with Crippen LogP contribution in [0, 0.1) is 5.92 Å². The summed E-state index contributed by atoms with van der Waals surface area (Å²) in [6.45, 7) is 10.9. The Labute approximate surface area is 213 Å². The molecule has 0 atom stereocenters. The summed E-state index contributed by atoms with van der Waals surface area (Å²) in [4.78, 5) is 22.0. The fourth-order valence-corrected chi connectivity index (χ4v) is 3.62. The Kier molecular flexibility index (Phi) is 7.40. The van der Waals surface area contributed by atoms with Gasteiger partial charge in [0.05, 0.1) is 28.5 Å². The molecule has 1 N–H and O–H groups in total. The van der Waals surface area contributed by atoms with Gasteiger partial charge in [0.2, 0.25) is 0 Å². The summed E-state index contributed by atoms with van der Waals surface area (Å²) in [6.07, 6.45) is -1.54. The van der Waals surface area contributed by atoms with Crippen LogP contribution in [-0.4, -0.2) is 31.5 Å². The highest BCUT2D eigenvalue weighted by molar-refractivity contribution is 5.90. The summed E-state index contributed by atoms with van der Waals surface area (Å²) in [5, 5.41) is 3.80. The normalized spacial score (nSPS) is 12.4. The summed E-state index contributed by atoms with van der Waals surface area (Å²) in [5.74, 6) is 1.13. The van der Waals surface area contributed by atoms with Crippen LogP contribution in [0.3, 0.4) is 0 Å². The van der Waals surface area contributed by atoms with Gasteiger partial charge in [-0.25, -0.2) is 15.0 Å². The van der Waals surface area contributed by atoms with Gasteiger partial charge >= 0.3 is 6.18 Å². The molecular weight excluding hydrogens is 481 g/mol. The van der Waals surface area contributed by atoms with Crippen LogP contribution >= 0.6 is 0 Å². The molecule has 0 radical (unpaired) electrons. The van der Waals surface area contributed by atoms with Gasteiger partial charge in [0, 0.05) is 23.9 Å². The van der Waals surface area contributed by atoms with Crippen molar-refractivity contribution in [3.8, 4) is 11.4 Å². The maximum atomic E-state index is 13.6. The lowest BCUT2D eigenvalue weighted by atomic mass is 9.92. The molecule has 10 heteroatoms. The van der Waals surface area contributed by atoms with Crippen LogP contribution in [0.5, 0.6) is 0 Å². The van der Waals surface area contributed by atoms with E-state index in [9.17, 15) is 13.2 Å². The molecule has 0 amide bonds. The monoisotopic (exact) mass is 510 g/mol. The smallest absolute Gasteiger partial charge is 0.373 e. The number of anilines is 2. The number of nitrogens with zero attached hydrogens (tertiary/aromatic N) is 5. The van der Waals surface area contributed by atoms with Crippen molar-refractivity contribution in [1.29, 1.82) is 0 Å². The Morgan fingerprint density at radius 1 is 0.946 bits per heavy atom. The van der Waals surface area contributed by atoms with E-state index in [2.05, 4.69) is 51.0 Å². The number of pyridine rings is 3. The topological polar surface area (TPSA) is 85.7 Å². The van der Waals surface area contributed by atoms with E-state index in [0.717, 1.165) is 11.8 Å². The van der Waals surface area contributed by atoms with E-state index in [4.69, 9.17) is 4.74 Å². The van der Waals surface area contributed by atoms with Crippen molar-refractivity contribution in [3.05, 3.63) is 65.9 Å². The molecule has 4 rings (SSSR count). The van der Waals surface area contributed by atoms with Crippen molar-refractivity contribution in [2.75, 3.05) is 11.9 Å². The highest BCUT2D eigenvalue weighted by Crippen LogP contribution is 2.36. The molecule has 7 nitrogen and oxygen atoms in total. The number of fused-ring (bicyclic) bond motifs is 1. The molecule has 0 bridgehead atoms. The molecule has 37 heavy (non-hydrogen) atoms. The van der Waals surface area contributed by atoms with E-state index < -0.39 is 11.7 Å². The first-order valence-corrected chi connectivity index (χ1v) is 11.9. The number of alkyl halides is 3. The Bertz CT molecular complexity index is 1380. The molecule has 194 valence electrons. The minimum absolute atomic E-state index is 0.0651. The highest BCUT2D eigenvalue weighted by Gasteiger charge is 2.34. The maximum absolute atomic E-state index is 13.6. The zero-order chi connectivity index (χ0) is 26.8. The van der Waals surface area contributed by atoms with Crippen LogP contribution in [0.1, 0.15) is 51.7 Å². The summed E-state index contributed by atoms with van der Waals surface area (Å²) in [5.41, 5.74) is 0.726. The molecule has 0 aliphatic carbocycles. The second kappa shape index (κ2) is 10.4. The van der Waals surface area contributed by atoms with Gasteiger partial charge in [-0.3, -0.25) is 9.97 Å². The van der Waals surface area contributed by atoms with E-state index >= 15 is 0 Å². The maximum Gasteiger partial charge on any atom is 0.418 e. The molecular formula is C27H29F3N6O. The van der Waals surface area contributed by atoms with E-state index in [-0.39, 0.29) is 29.1 Å². The fraction of sp³-hybridized carbons (Fsp3) is 0.370. The molecule has 0 aromatic carbocycles. The molecule has 0 aliphatic heterocycles. The molecule has 0 saturated heterocycles. The molecule has 4 aromatic rings. The lowest BCUT2D eigenvalue weighted by Gasteiger charge is -2.18. The Morgan fingerprint density at radius 2 is 1.73 bits per heavy atom. The third-order valence-corrected chi connectivity index (χ3v) is 5.44. The van der Waals surface area contributed by atoms with Crippen LogP contribution in [0.25, 0.3) is 22.4 Å². The van der Waals surface area contributed by atoms with Gasteiger partial charge in [-0.1, -0.05) is 34.6 Å². The average molecular weight is 511 g/mol. The minimum Gasteiger partial charge on any atom is -0.373 e. The van der Waals surface area contributed by atoms with E-state index in [0.29, 0.717) is 35.2 Å². The second-order valence-electron chi connectivity index (χ2n) is 10.2. The fourth-order valence-electron chi connectivity index (χ4n) is 3.62. The number of ether oxygens (including phenoxy) is 1. The number of aromatic nitrogens is 5. The molecule has 4 heterocycles. The molecule has 4 aromatic heterocycles. The third-order valence-electron chi connectivity index (χ3n) is 5.44. The molecule has 0 fully saturated rings. The largest absolute Gasteiger partial charge is 0.418 e. The molecule has 0 spiro atoms. The van der Waals surface area contributed by atoms with Gasteiger partial charge in [0.15, 0.2) is 11.5 Å². The highest BCUT2D eigenvalue weighted by atomic mass is 19.4. The lowest BCUT2D eigenvalue weighted by molar-refractivity contribution is -0.137. The van der Waals surface area contributed by atoms with Gasteiger partial charge in [-0.15, -0.1) is 0 Å². The Morgan fingerprint density at radius 3 is 2.38 bits per heavy atom. The number of nitrogens with one attached hydrogen (secondary N) is 1. The quantitative estimate of drug-likeness (QED) is 0.296. The lowest BCUT2D eigenvalue weighted by Crippen LogP contribution is -2.13. The van der Waals surface area contributed by atoms with Gasteiger partial charge in [0.25, 0.3) is 0 Å². The predicted octanol–water partition coefficient (Wildman–Crippen LogP) is 6.71. The summed E-state index contributed by atoms with van der Waals surface area (Å²) < 4.78 is 46.5. The standard InChI is InChI=1S/C27H29F3N6O/c1-16(2)14-37-15-22-35-24(33-17-8-11-21(32-13-17)26(3,4)5)18-9-10-20(34-25(18)36-22)23-19(27(28,29)30)7-6-12-31-23/h6-13,16H,14-15H2,1-5H3,(H,33,34,35,36). The van der Waals surface area contributed by atoms with Crippen LogP contribution in [0.4, 0.5) is 24.7 Å². The zero-order valence-electron chi connectivity index (χ0n) is 21.4. The molecule has 0 aliphatic rings. The van der Waals surface area contributed by atoms with Gasteiger partial charge in [-0.2, -0.15) is 13.2 Å². The first kappa shape index (κ1) is 26.4. The first-order chi connectivity index (χ1) is 17.4. The Hall–Kier alpha value is -3.66. The van der Waals surface area contributed by atoms with E-state index in [1.165, 1.54) is 18.3 Å². The van der Waals surface area contributed by atoms with Gasteiger partial charge in [-0.05, 0) is 42.3 Å². The summed E-state index contributed by atoms with van der Waals surface area (Å²) in [6, 6.07) is 9.21. The molecule has 0 saturated carbocycles. The van der Waals surface area contributed by atoms with Crippen LogP contribution in [-0.2, 0) is 22.9 Å². The van der Waals surface area contributed by atoms with Crippen molar-refractivity contribution < 1.29 is 17.9 Å². The average Bonchev–Trinajstić information content (AvgIpc) is 2.83. The number of hydrogen-bond donors (Lipinski definition) is 1. The van der Waals surface area contributed by atoms with Gasteiger partial charge in [0.1, 0.15) is 18.1 Å². The van der Waals surface area contributed by atoms with E-state index in [1.54, 1.807) is 12.3 Å². The SMILES string of the molecule is CC(C)COCc1nc(Nc2ccc(C(C)(C)C)nc2)c2ccc(-c3ncccc3C(F)(F)F)nc2n1. The zero-order valence-corrected chi connectivity index (χ0v) is 21.4. The number of halogens is 3. The Balaban J connectivity index is 1.77. The molecule has 0 unspecified atom stereocenters. The van der Waals surface area contributed by atoms with Crippen molar-refractivity contribution in [1.82, 2.24) is 24.9 Å². The minimum atomic E-state index is -4.57.